The highest BCUT2D eigenvalue weighted by Crippen LogP contribution is 2.09. The van der Waals surface area contributed by atoms with Crippen LogP contribution in [0.25, 0.3) is 0 Å². The number of hydrogen-bond donors (Lipinski definition) is 2. The first kappa shape index (κ1) is 12.4. The molecule has 0 spiro atoms. The van der Waals surface area contributed by atoms with Gasteiger partial charge < -0.3 is 15.3 Å². The third-order valence-electron chi connectivity index (χ3n) is 2.24. The van der Waals surface area contributed by atoms with Gasteiger partial charge in [0.15, 0.2) is 0 Å². The molecular weight excluding hydrogens is 208 g/mol. The lowest BCUT2D eigenvalue weighted by atomic mass is 10.2. The molecule has 6 nitrogen and oxygen atoms in total. The van der Waals surface area contributed by atoms with Crippen molar-refractivity contribution in [2.75, 3.05) is 32.1 Å². The van der Waals surface area contributed by atoms with Crippen molar-refractivity contribution in [2.24, 2.45) is 0 Å². The van der Waals surface area contributed by atoms with Gasteiger partial charge >= 0.3 is 5.97 Å². The van der Waals surface area contributed by atoms with Crippen molar-refractivity contribution in [3.8, 4) is 0 Å². The van der Waals surface area contributed by atoms with Crippen LogP contribution in [0.4, 0.5) is 5.95 Å². The van der Waals surface area contributed by atoms with Crippen molar-refractivity contribution in [1.29, 1.82) is 0 Å². The number of aromatic nitrogens is 2. The Morgan fingerprint density at radius 1 is 1.62 bits per heavy atom. The average molecular weight is 224 g/mol. The smallest absolute Gasteiger partial charge is 0.339 e. The molecule has 0 aliphatic rings. The fourth-order valence-electron chi connectivity index (χ4n) is 1.23. The van der Waals surface area contributed by atoms with Crippen LogP contribution in [0.15, 0.2) is 6.20 Å². The first-order valence-electron chi connectivity index (χ1n) is 4.99. The van der Waals surface area contributed by atoms with Crippen LogP contribution >= 0.6 is 0 Å². The molecule has 1 aromatic heterocycles. The van der Waals surface area contributed by atoms with E-state index in [2.05, 4.69) is 15.3 Å². The van der Waals surface area contributed by atoms with Crippen molar-refractivity contribution in [3.63, 3.8) is 0 Å². The number of carboxylic acid groups (broad SMARTS) is 1. The molecule has 0 fully saturated rings. The predicted octanol–water partition coefficient (Wildman–Crippen LogP) is 0.139. The van der Waals surface area contributed by atoms with Gasteiger partial charge in [0, 0.05) is 26.3 Å². The molecule has 0 aliphatic heterocycles. The summed E-state index contributed by atoms with van der Waals surface area (Å²) in [6, 6.07) is 0. The third kappa shape index (κ3) is 2.90. The van der Waals surface area contributed by atoms with Gasteiger partial charge in [-0.25, -0.2) is 14.8 Å². The number of aromatic carboxylic acids is 1. The van der Waals surface area contributed by atoms with Crippen molar-refractivity contribution in [2.45, 2.75) is 6.92 Å². The van der Waals surface area contributed by atoms with E-state index in [-0.39, 0.29) is 5.56 Å². The van der Waals surface area contributed by atoms with Crippen LogP contribution < -0.4 is 10.2 Å². The van der Waals surface area contributed by atoms with Gasteiger partial charge in [0.2, 0.25) is 5.95 Å². The van der Waals surface area contributed by atoms with E-state index in [4.69, 9.17) is 5.11 Å². The predicted molar refractivity (Wildman–Crippen MR) is 60.9 cm³/mol. The molecule has 0 saturated heterocycles. The second-order valence-electron chi connectivity index (χ2n) is 3.50. The molecule has 0 bridgehead atoms. The Morgan fingerprint density at radius 2 is 2.31 bits per heavy atom. The third-order valence-corrected chi connectivity index (χ3v) is 2.24. The van der Waals surface area contributed by atoms with Gasteiger partial charge in [-0.15, -0.1) is 0 Å². The van der Waals surface area contributed by atoms with Crippen LogP contribution in [0.5, 0.6) is 0 Å². The molecule has 16 heavy (non-hydrogen) atoms. The maximum atomic E-state index is 10.8. The monoisotopic (exact) mass is 224 g/mol. The largest absolute Gasteiger partial charge is 0.478 e. The Morgan fingerprint density at radius 3 is 2.81 bits per heavy atom. The Kier molecular flexibility index (Phi) is 4.19. The van der Waals surface area contributed by atoms with Crippen molar-refractivity contribution in [1.82, 2.24) is 15.3 Å². The molecule has 0 unspecified atom stereocenters. The van der Waals surface area contributed by atoms with Crippen molar-refractivity contribution < 1.29 is 9.90 Å². The maximum Gasteiger partial charge on any atom is 0.339 e. The summed E-state index contributed by atoms with van der Waals surface area (Å²) in [5.74, 6) is -0.459. The number of nitrogens with one attached hydrogen (secondary N) is 1. The molecule has 2 N–H and O–H groups in total. The van der Waals surface area contributed by atoms with Crippen LogP contribution in [0.2, 0.25) is 0 Å². The fraction of sp³-hybridized carbons (Fsp3) is 0.500. The molecule has 88 valence electrons. The van der Waals surface area contributed by atoms with E-state index in [0.29, 0.717) is 11.6 Å². The standard InChI is InChI=1S/C10H16N4O2/c1-7-8(9(15)16)6-12-10(13-7)14(3)5-4-11-2/h6,11H,4-5H2,1-3H3,(H,15,16). The highest BCUT2D eigenvalue weighted by molar-refractivity contribution is 5.88. The number of carbonyl (C=O) groups is 1. The second kappa shape index (κ2) is 5.41. The fourth-order valence-corrected chi connectivity index (χ4v) is 1.23. The van der Waals surface area contributed by atoms with E-state index in [0.717, 1.165) is 13.1 Å². The maximum absolute atomic E-state index is 10.8. The summed E-state index contributed by atoms with van der Waals surface area (Å²) in [5.41, 5.74) is 0.625. The van der Waals surface area contributed by atoms with E-state index < -0.39 is 5.97 Å². The number of rotatable bonds is 5. The number of hydrogen-bond acceptors (Lipinski definition) is 5. The molecule has 0 aliphatic carbocycles. The van der Waals surface area contributed by atoms with E-state index in [9.17, 15) is 4.79 Å². The van der Waals surface area contributed by atoms with E-state index in [1.165, 1.54) is 6.20 Å². The lowest BCUT2D eigenvalue weighted by Gasteiger charge is -2.17. The Labute approximate surface area is 94.3 Å². The number of anilines is 1. The molecule has 0 aromatic carbocycles. The van der Waals surface area contributed by atoms with Gasteiger partial charge in [-0.2, -0.15) is 0 Å². The zero-order valence-electron chi connectivity index (χ0n) is 9.69. The van der Waals surface area contributed by atoms with E-state index >= 15 is 0 Å². The minimum Gasteiger partial charge on any atom is -0.478 e. The molecule has 0 atom stereocenters. The number of nitrogens with zero attached hydrogens (tertiary/aromatic N) is 3. The Hall–Kier alpha value is -1.69. The van der Waals surface area contributed by atoms with Crippen LogP contribution in [0.1, 0.15) is 16.1 Å². The molecule has 1 rings (SSSR count). The zero-order chi connectivity index (χ0) is 12.1. The van der Waals surface area contributed by atoms with Gasteiger partial charge in [0.1, 0.15) is 0 Å². The second-order valence-corrected chi connectivity index (χ2v) is 3.50. The average Bonchev–Trinajstić information content (AvgIpc) is 2.25. The first-order valence-corrected chi connectivity index (χ1v) is 4.99. The van der Waals surface area contributed by atoms with Gasteiger partial charge in [-0.1, -0.05) is 0 Å². The minimum atomic E-state index is -0.998. The van der Waals surface area contributed by atoms with Gasteiger partial charge in [0.25, 0.3) is 0 Å². The van der Waals surface area contributed by atoms with Gasteiger partial charge in [0.05, 0.1) is 11.3 Å². The minimum absolute atomic E-state index is 0.144. The molecule has 1 aromatic rings. The van der Waals surface area contributed by atoms with Crippen LogP contribution in [0.3, 0.4) is 0 Å². The summed E-state index contributed by atoms with van der Waals surface area (Å²) in [7, 11) is 3.74. The summed E-state index contributed by atoms with van der Waals surface area (Å²) in [6.45, 7) is 3.25. The summed E-state index contributed by atoms with van der Waals surface area (Å²) < 4.78 is 0. The lowest BCUT2D eigenvalue weighted by molar-refractivity contribution is 0.0695. The summed E-state index contributed by atoms with van der Waals surface area (Å²) >= 11 is 0. The SMILES string of the molecule is CNCCN(C)c1ncc(C(=O)O)c(C)n1. The quantitative estimate of drug-likeness (QED) is 0.740. The Balaban J connectivity index is 2.84. The number of likely N-dealkylation sites (N-methyl/N-ethyl adjacent to an activating group) is 2. The molecular formula is C10H16N4O2. The van der Waals surface area contributed by atoms with Crippen LogP contribution in [-0.2, 0) is 0 Å². The van der Waals surface area contributed by atoms with E-state index in [1.54, 1.807) is 6.92 Å². The summed E-state index contributed by atoms with van der Waals surface area (Å²) in [6.07, 6.45) is 1.34. The highest BCUT2D eigenvalue weighted by Gasteiger charge is 2.11. The van der Waals surface area contributed by atoms with Gasteiger partial charge in [-0.3, -0.25) is 0 Å². The van der Waals surface area contributed by atoms with Crippen molar-refractivity contribution in [3.05, 3.63) is 17.5 Å². The number of aryl methyl sites for hydroxylation is 1. The summed E-state index contributed by atoms with van der Waals surface area (Å²) in [5, 5.41) is 11.9. The van der Waals surface area contributed by atoms with Crippen molar-refractivity contribution >= 4 is 11.9 Å². The van der Waals surface area contributed by atoms with Crippen LogP contribution in [0, 0.1) is 6.92 Å². The molecule has 0 saturated carbocycles. The Bertz CT molecular complexity index is 381. The first-order chi connectivity index (χ1) is 7.56. The highest BCUT2D eigenvalue weighted by atomic mass is 16.4. The normalized spacial score (nSPS) is 10.2. The van der Waals surface area contributed by atoms with Gasteiger partial charge in [-0.05, 0) is 14.0 Å². The lowest BCUT2D eigenvalue weighted by Crippen LogP contribution is -2.28. The van der Waals surface area contributed by atoms with Crippen LogP contribution in [-0.4, -0.2) is 48.2 Å². The molecule has 6 heteroatoms. The molecule has 0 amide bonds. The topological polar surface area (TPSA) is 78.4 Å². The van der Waals surface area contributed by atoms with E-state index in [1.807, 2.05) is 19.0 Å². The zero-order valence-corrected chi connectivity index (χ0v) is 9.69. The molecule has 1 heterocycles. The molecule has 0 radical (unpaired) electrons. The summed E-state index contributed by atoms with van der Waals surface area (Å²) in [4.78, 5) is 20.8. The number of carboxylic acids is 1.